The Morgan fingerprint density at radius 3 is 2.32 bits per heavy atom. The topological polar surface area (TPSA) is 67.8 Å². The zero-order valence-corrected chi connectivity index (χ0v) is 15.5. The minimum absolute atomic E-state index is 0.0877. The zero-order chi connectivity index (χ0) is 18.0. The van der Waals surface area contributed by atoms with Gasteiger partial charge in [-0.2, -0.15) is 0 Å². The molecule has 3 rings (SSSR count). The van der Waals surface area contributed by atoms with Crippen LogP contribution in [0.1, 0.15) is 33.6 Å². The van der Waals surface area contributed by atoms with Gasteiger partial charge in [0.2, 0.25) is 5.91 Å². The molecule has 2 unspecified atom stereocenters. The summed E-state index contributed by atoms with van der Waals surface area (Å²) in [6.07, 6.45) is 0.264. The Morgan fingerprint density at radius 1 is 1.12 bits per heavy atom. The van der Waals surface area contributed by atoms with E-state index in [-0.39, 0.29) is 17.5 Å². The number of piperazine rings is 1. The van der Waals surface area contributed by atoms with Gasteiger partial charge in [0.25, 0.3) is 0 Å². The van der Waals surface area contributed by atoms with E-state index >= 15 is 0 Å². The predicted molar refractivity (Wildman–Crippen MR) is 101 cm³/mol. The van der Waals surface area contributed by atoms with E-state index in [0.717, 1.165) is 31.9 Å². The lowest BCUT2D eigenvalue weighted by molar-refractivity contribution is -0.126. The van der Waals surface area contributed by atoms with Crippen molar-refractivity contribution in [2.75, 3.05) is 36.4 Å². The number of benzene rings is 1. The lowest BCUT2D eigenvalue weighted by atomic mass is 10.0. The number of rotatable bonds is 3. The van der Waals surface area contributed by atoms with Gasteiger partial charge < -0.3 is 20.6 Å². The monoisotopic (exact) mass is 346 g/mol. The Kier molecular flexibility index (Phi) is 5.20. The van der Waals surface area contributed by atoms with E-state index in [9.17, 15) is 9.90 Å². The number of anilines is 2. The van der Waals surface area contributed by atoms with Gasteiger partial charge in [-0.1, -0.05) is 0 Å². The number of nitrogens with zero attached hydrogens (tertiary/aromatic N) is 2. The summed E-state index contributed by atoms with van der Waals surface area (Å²) < 4.78 is 0. The molecular weight excluding hydrogens is 316 g/mol. The molecule has 1 aromatic carbocycles. The molecule has 1 amide bonds. The number of carbonyl (C=O) groups excluding carboxylic acids is 1. The van der Waals surface area contributed by atoms with Crippen molar-refractivity contribution in [3.05, 3.63) is 24.3 Å². The van der Waals surface area contributed by atoms with Crippen molar-refractivity contribution in [1.29, 1.82) is 0 Å². The standard InChI is InChI=1S/C19H30N4O2/c1-19(2,3)23-12-10-22(11-13-23)15-6-4-14(5-7-15)20-16-8-9-17(24)21-18(16)25/h4-7,16,18,20,25H,8-13H2,1-3H3,(H,21,24). The molecule has 6 nitrogen and oxygen atoms in total. The van der Waals surface area contributed by atoms with Crippen LogP contribution < -0.4 is 15.5 Å². The van der Waals surface area contributed by atoms with Crippen molar-refractivity contribution in [2.45, 2.75) is 51.4 Å². The Bertz CT molecular complexity index is 588. The first-order chi connectivity index (χ1) is 11.8. The van der Waals surface area contributed by atoms with Crippen LogP contribution in [0.25, 0.3) is 0 Å². The number of hydrogen-bond acceptors (Lipinski definition) is 5. The van der Waals surface area contributed by atoms with Crippen molar-refractivity contribution in [1.82, 2.24) is 10.2 Å². The van der Waals surface area contributed by atoms with E-state index in [1.807, 2.05) is 0 Å². The van der Waals surface area contributed by atoms with Crippen LogP contribution in [0.4, 0.5) is 11.4 Å². The summed E-state index contributed by atoms with van der Waals surface area (Å²) in [5, 5.41) is 15.8. The number of hydrogen-bond donors (Lipinski definition) is 3. The molecule has 0 saturated carbocycles. The molecule has 2 saturated heterocycles. The van der Waals surface area contributed by atoms with Gasteiger partial charge in [-0.15, -0.1) is 0 Å². The zero-order valence-electron chi connectivity index (χ0n) is 15.5. The Hall–Kier alpha value is -1.79. The summed E-state index contributed by atoms with van der Waals surface area (Å²) >= 11 is 0. The first-order valence-electron chi connectivity index (χ1n) is 9.17. The van der Waals surface area contributed by atoms with Crippen LogP contribution >= 0.6 is 0 Å². The van der Waals surface area contributed by atoms with Gasteiger partial charge in [-0.3, -0.25) is 9.69 Å². The first-order valence-corrected chi connectivity index (χ1v) is 9.17. The fourth-order valence-corrected chi connectivity index (χ4v) is 3.55. The van der Waals surface area contributed by atoms with Crippen molar-refractivity contribution in [3.8, 4) is 0 Å². The number of piperidine rings is 1. The van der Waals surface area contributed by atoms with Gasteiger partial charge in [0.15, 0.2) is 0 Å². The molecule has 2 atom stereocenters. The molecule has 2 fully saturated rings. The maximum Gasteiger partial charge on any atom is 0.222 e. The highest BCUT2D eigenvalue weighted by Crippen LogP contribution is 2.23. The fraction of sp³-hybridized carbons (Fsp3) is 0.632. The maximum atomic E-state index is 11.3. The molecule has 0 spiro atoms. The number of nitrogens with one attached hydrogen (secondary N) is 2. The minimum atomic E-state index is -0.827. The van der Waals surface area contributed by atoms with E-state index in [2.05, 4.69) is 65.5 Å². The van der Waals surface area contributed by atoms with Crippen molar-refractivity contribution in [2.24, 2.45) is 0 Å². The van der Waals surface area contributed by atoms with Crippen LogP contribution in [0.15, 0.2) is 24.3 Å². The highest BCUT2D eigenvalue weighted by molar-refractivity contribution is 5.77. The van der Waals surface area contributed by atoms with Gasteiger partial charge in [-0.25, -0.2) is 0 Å². The summed E-state index contributed by atoms with van der Waals surface area (Å²) in [5.41, 5.74) is 2.43. The van der Waals surface area contributed by atoms with E-state index in [0.29, 0.717) is 12.8 Å². The molecule has 1 aromatic rings. The van der Waals surface area contributed by atoms with E-state index in [1.165, 1.54) is 5.69 Å². The summed E-state index contributed by atoms with van der Waals surface area (Å²) in [6.45, 7) is 11.0. The highest BCUT2D eigenvalue weighted by atomic mass is 16.3. The number of amides is 1. The summed E-state index contributed by atoms with van der Waals surface area (Å²) in [4.78, 5) is 16.2. The molecule has 138 valence electrons. The Balaban J connectivity index is 1.55. The van der Waals surface area contributed by atoms with E-state index in [1.54, 1.807) is 0 Å². The molecule has 0 aromatic heterocycles. The molecule has 0 aliphatic carbocycles. The van der Waals surface area contributed by atoms with Gasteiger partial charge >= 0.3 is 0 Å². The average Bonchev–Trinajstić information content (AvgIpc) is 2.57. The van der Waals surface area contributed by atoms with Crippen molar-refractivity contribution in [3.63, 3.8) is 0 Å². The van der Waals surface area contributed by atoms with Gasteiger partial charge in [-0.05, 0) is 51.5 Å². The quantitative estimate of drug-likeness (QED) is 0.776. The minimum Gasteiger partial charge on any atom is -0.378 e. The molecule has 0 radical (unpaired) electrons. The number of aliphatic hydroxyl groups excluding tert-OH is 1. The Morgan fingerprint density at radius 2 is 1.76 bits per heavy atom. The largest absolute Gasteiger partial charge is 0.378 e. The normalized spacial score (nSPS) is 25.6. The lowest BCUT2D eigenvalue weighted by Crippen LogP contribution is -2.53. The average molecular weight is 346 g/mol. The summed E-state index contributed by atoms with van der Waals surface area (Å²) in [6, 6.07) is 8.22. The molecule has 25 heavy (non-hydrogen) atoms. The third-order valence-corrected chi connectivity index (χ3v) is 5.19. The van der Waals surface area contributed by atoms with Crippen LogP contribution in [0.2, 0.25) is 0 Å². The van der Waals surface area contributed by atoms with Gasteiger partial charge in [0.05, 0.1) is 6.04 Å². The molecule has 2 aliphatic heterocycles. The van der Waals surface area contributed by atoms with Crippen molar-refractivity contribution >= 4 is 17.3 Å². The number of carbonyl (C=O) groups is 1. The van der Waals surface area contributed by atoms with E-state index in [4.69, 9.17) is 0 Å². The SMILES string of the molecule is CC(C)(C)N1CCN(c2ccc(NC3CCC(=O)NC3O)cc2)CC1. The molecule has 2 heterocycles. The van der Waals surface area contributed by atoms with Gasteiger partial charge in [0, 0.05) is 49.5 Å². The smallest absolute Gasteiger partial charge is 0.222 e. The van der Waals surface area contributed by atoms with Gasteiger partial charge in [0.1, 0.15) is 6.23 Å². The van der Waals surface area contributed by atoms with Crippen LogP contribution in [0.5, 0.6) is 0 Å². The Labute approximate surface area is 150 Å². The number of aliphatic hydroxyl groups is 1. The first kappa shape index (κ1) is 18.0. The second-order valence-electron chi connectivity index (χ2n) is 7.99. The van der Waals surface area contributed by atoms with Crippen LogP contribution in [-0.4, -0.2) is 59.9 Å². The molecule has 2 aliphatic rings. The summed E-state index contributed by atoms with van der Waals surface area (Å²) in [5.74, 6) is -0.0877. The third-order valence-electron chi connectivity index (χ3n) is 5.19. The molecule has 6 heteroatoms. The predicted octanol–water partition coefficient (Wildman–Crippen LogP) is 1.62. The third kappa shape index (κ3) is 4.44. The van der Waals surface area contributed by atoms with Crippen LogP contribution in [0.3, 0.4) is 0 Å². The fourth-order valence-electron chi connectivity index (χ4n) is 3.55. The summed E-state index contributed by atoms with van der Waals surface area (Å²) in [7, 11) is 0. The van der Waals surface area contributed by atoms with E-state index < -0.39 is 6.23 Å². The second kappa shape index (κ2) is 7.22. The highest BCUT2D eigenvalue weighted by Gasteiger charge is 2.27. The van der Waals surface area contributed by atoms with Crippen LogP contribution in [-0.2, 0) is 4.79 Å². The van der Waals surface area contributed by atoms with Crippen molar-refractivity contribution < 1.29 is 9.90 Å². The van der Waals surface area contributed by atoms with Crippen LogP contribution in [0, 0.1) is 0 Å². The molecule has 3 N–H and O–H groups in total. The molecule has 0 bridgehead atoms. The second-order valence-corrected chi connectivity index (χ2v) is 7.99. The lowest BCUT2D eigenvalue weighted by Gasteiger charge is -2.43. The molecular formula is C19H30N4O2. The maximum absolute atomic E-state index is 11.3.